The first kappa shape index (κ1) is 34.5. The SMILES string of the molecule is CCO[Si](C)(CCCN(C)C(CC(=O)O[Si](CC)(CC)CC)C(=O)O[Si](CC)(CC)CC)OCC. The van der Waals surface area contributed by atoms with Crippen molar-refractivity contribution >= 4 is 37.1 Å². The van der Waals surface area contributed by atoms with Crippen LogP contribution in [0.1, 0.15) is 68.2 Å². The quantitative estimate of drug-likeness (QED) is 0.165. The molecule has 7 nitrogen and oxygen atoms in total. The van der Waals surface area contributed by atoms with Gasteiger partial charge in [-0.15, -0.1) is 0 Å². The highest BCUT2D eigenvalue weighted by molar-refractivity contribution is 6.75. The van der Waals surface area contributed by atoms with Crippen LogP contribution >= 0.6 is 0 Å². The number of hydrogen-bond donors (Lipinski definition) is 0. The molecule has 0 amide bonds. The summed E-state index contributed by atoms with van der Waals surface area (Å²) in [6.07, 6.45) is 0.866. The Balaban J connectivity index is 5.61. The fourth-order valence-electron chi connectivity index (χ4n) is 4.68. The van der Waals surface area contributed by atoms with Gasteiger partial charge in [-0.1, -0.05) is 41.5 Å². The summed E-state index contributed by atoms with van der Waals surface area (Å²) in [5.74, 6) is -0.538. The first-order chi connectivity index (χ1) is 16.5. The van der Waals surface area contributed by atoms with Crippen molar-refractivity contribution in [3.8, 4) is 0 Å². The Morgan fingerprint density at radius 2 is 1.17 bits per heavy atom. The monoisotopic (exact) mass is 549 g/mol. The molecule has 0 fully saturated rings. The van der Waals surface area contributed by atoms with E-state index >= 15 is 0 Å². The van der Waals surface area contributed by atoms with E-state index in [2.05, 4.69) is 48.1 Å². The molecule has 0 aliphatic rings. The topological polar surface area (TPSA) is 74.3 Å². The summed E-state index contributed by atoms with van der Waals surface area (Å²) in [6, 6.07) is 5.54. The zero-order valence-electron chi connectivity index (χ0n) is 24.5. The lowest BCUT2D eigenvalue weighted by Crippen LogP contribution is -2.49. The van der Waals surface area contributed by atoms with E-state index in [1.165, 1.54) is 0 Å². The molecular weight excluding hydrogens is 495 g/mol. The van der Waals surface area contributed by atoms with Crippen LogP contribution in [0.2, 0.25) is 48.9 Å². The van der Waals surface area contributed by atoms with Gasteiger partial charge in [0.1, 0.15) is 6.04 Å². The van der Waals surface area contributed by atoms with E-state index in [1.54, 1.807) is 0 Å². The van der Waals surface area contributed by atoms with Gasteiger partial charge >= 0.3 is 14.5 Å². The molecule has 208 valence electrons. The highest BCUT2D eigenvalue weighted by Gasteiger charge is 2.39. The van der Waals surface area contributed by atoms with E-state index in [4.69, 9.17) is 17.7 Å². The Labute approximate surface area is 219 Å². The van der Waals surface area contributed by atoms with E-state index in [0.717, 1.165) is 48.7 Å². The molecule has 1 unspecified atom stereocenters. The minimum absolute atomic E-state index is 0.0390. The molecule has 10 heteroatoms. The number of likely N-dealkylation sites (N-methyl/N-ethyl adjacent to an activating group) is 1. The number of hydrogen-bond acceptors (Lipinski definition) is 7. The van der Waals surface area contributed by atoms with Crippen molar-refractivity contribution in [2.24, 2.45) is 0 Å². The molecule has 0 aromatic heterocycles. The molecule has 0 N–H and O–H groups in total. The Morgan fingerprint density at radius 3 is 1.57 bits per heavy atom. The van der Waals surface area contributed by atoms with Gasteiger partial charge in [0.25, 0.3) is 22.6 Å². The van der Waals surface area contributed by atoms with Crippen LogP contribution in [0, 0.1) is 0 Å². The normalized spacial score (nSPS) is 13.7. The fourth-order valence-corrected chi connectivity index (χ4v) is 12.1. The fraction of sp³-hybridized carbons (Fsp3) is 0.920. The summed E-state index contributed by atoms with van der Waals surface area (Å²) < 4.78 is 24.3. The Bertz CT molecular complexity index is 591. The number of rotatable bonds is 20. The van der Waals surface area contributed by atoms with Crippen LogP contribution in [0.15, 0.2) is 0 Å². The highest BCUT2D eigenvalue weighted by Crippen LogP contribution is 2.26. The van der Waals surface area contributed by atoms with Gasteiger partial charge in [0.15, 0.2) is 0 Å². The van der Waals surface area contributed by atoms with Gasteiger partial charge in [-0.3, -0.25) is 14.5 Å². The smallest absolute Gasteiger partial charge is 0.334 e. The third kappa shape index (κ3) is 11.2. The maximum atomic E-state index is 13.5. The third-order valence-corrected chi connectivity index (χ3v) is 19.8. The van der Waals surface area contributed by atoms with Crippen LogP contribution in [-0.4, -0.2) is 74.9 Å². The minimum atomic E-state index is -2.23. The minimum Gasteiger partial charge on any atom is -0.519 e. The van der Waals surface area contributed by atoms with Gasteiger partial charge in [0, 0.05) is 13.2 Å². The number of carbonyl (C=O) groups excluding carboxylic acids is 2. The van der Waals surface area contributed by atoms with Gasteiger partial charge in [-0.2, -0.15) is 0 Å². The molecule has 0 saturated carbocycles. The van der Waals surface area contributed by atoms with Crippen molar-refractivity contribution in [1.82, 2.24) is 4.90 Å². The van der Waals surface area contributed by atoms with Crippen molar-refractivity contribution in [2.75, 3.05) is 26.8 Å². The largest absolute Gasteiger partial charge is 0.519 e. The number of nitrogens with zero attached hydrogens (tertiary/aromatic N) is 1. The maximum absolute atomic E-state index is 13.5. The van der Waals surface area contributed by atoms with Crippen molar-refractivity contribution in [2.45, 2.75) is 123 Å². The van der Waals surface area contributed by atoms with E-state index in [1.807, 2.05) is 25.8 Å². The zero-order valence-corrected chi connectivity index (χ0v) is 27.5. The summed E-state index contributed by atoms with van der Waals surface area (Å²) in [6.45, 7) is 20.6. The summed E-state index contributed by atoms with van der Waals surface area (Å²) >= 11 is 0. The predicted octanol–water partition coefficient (Wildman–Crippen LogP) is 6.31. The van der Waals surface area contributed by atoms with Crippen LogP contribution in [0.4, 0.5) is 0 Å². The summed E-state index contributed by atoms with van der Waals surface area (Å²) in [5, 5.41) is 0. The molecule has 0 aromatic rings. The summed E-state index contributed by atoms with van der Waals surface area (Å²) in [5.41, 5.74) is 0. The molecule has 0 rings (SSSR count). The van der Waals surface area contributed by atoms with Gasteiger partial charge in [0.05, 0.1) is 6.42 Å². The summed E-state index contributed by atoms with van der Waals surface area (Å²) in [4.78, 5) is 28.5. The Morgan fingerprint density at radius 1 is 0.743 bits per heavy atom. The van der Waals surface area contributed by atoms with Crippen LogP contribution in [-0.2, 0) is 27.3 Å². The van der Waals surface area contributed by atoms with Crippen LogP contribution in [0.5, 0.6) is 0 Å². The average molecular weight is 550 g/mol. The molecule has 0 aliphatic heterocycles. The molecule has 0 aromatic carbocycles. The molecule has 0 radical (unpaired) electrons. The van der Waals surface area contributed by atoms with Crippen LogP contribution in [0.3, 0.4) is 0 Å². The first-order valence-electron chi connectivity index (χ1n) is 13.9. The number of carbonyl (C=O) groups is 2. The van der Waals surface area contributed by atoms with Crippen molar-refractivity contribution in [3.63, 3.8) is 0 Å². The molecular formula is C25H55NO6Si3. The highest BCUT2D eigenvalue weighted by atomic mass is 28.4. The molecule has 0 saturated heterocycles. The van der Waals surface area contributed by atoms with Gasteiger partial charge in [-0.25, -0.2) is 0 Å². The van der Waals surface area contributed by atoms with Gasteiger partial charge < -0.3 is 17.7 Å². The second kappa shape index (κ2) is 17.1. The lowest BCUT2D eigenvalue weighted by atomic mass is 10.2. The second-order valence-corrected chi connectivity index (χ2v) is 22.4. The second-order valence-electron chi connectivity index (χ2n) is 9.69. The van der Waals surface area contributed by atoms with Gasteiger partial charge in [0.2, 0.25) is 0 Å². The van der Waals surface area contributed by atoms with Crippen molar-refractivity contribution in [3.05, 3.63) is 0 Å². The molecule has 0 bridgehead atoms. The lowest BCUT2D eigenvalue weighted by molar-refractivity contribution is -0.147. The van der Waals surface area contributed by atoms with Crippen LogP contribution < -0.4 is 0 Å². The van der Waals surface area contributed by atoms with E-state index in [0.29, 0.717) is 19.8 Å². The average Bonchev–Trinajstić information content (AvgIpc) is 2.84. The van der Waals surface area contributed by atoms with Crippen molar-refractivity contribution in [1.29, 1.82) is 0 Å². The predicted molar refractivity (Wildman–Crippen MR) is 152 cm³/mol. The van der Waals surface area contributed by atoms with Crippen LogP contribution in [0.25, 0.3) is 0 Å². The molecule has 1 atom stereocenters. The van der Waals surface area contributed by atoms with E-state index in [-0.39, 0.29) is 18.4 Å². The first-order valence-corrected chi connectivity index (χ1v) is 21.5. The molecule has 0 aliphatic carbocycles. The molecule has 0 heterocycles. The lowest BCUT2D eigenvalue weighted by Gasteiger charge is -2.34. The zero-order chi connectivity index (χ0) is 27.1. The van der Waals surface area contributed by atoms with E-state index < -0.39 is 31.2 Å². The van der Waals surface area contributed by atoms with Crippen molar-refractivity contribution < 1.29 is 27.3 Å². The third-order valence-electron chi connectivity index (χ3n) is 7.72. The van der Waals surface area contributed by atoms with Gasteiger partial charge in [-0.05, 0) is 82.7 Å². The van der Waals surface area contributed by atoms with E-state index in [9.17, 15) is 9.59 Å². The standard InChI is InChI=1S/C25H55NO6Si3/c1-11-29-33(10,30-12-2)21-19-20-26(9)23(25(28)32-35(16-6,17-7)18-8)22-24(27)31-34(13-3,14-4)15-5/h23H,11-22H2,1-10H3. The maximum Gasteiger partial charge on any atom is 0.334 e. The Hall–Kier alpha value is -0.529. The molecule has 0 spiro atoms. The molecule has 35 heavy (non-hydrogen) atoms. The summed E-state index contributed by atoms with van der Waals surface area (Å²) in [7, 11) is -4.56. The Kier molecular flexibility index (Phi) is 16.8.